The number of rotatable bonds is 9. The van der Waals surface area contributed by atoms with Gasteiger partial charge in [-0.15, -0.1) is 0 Å². The summed E-state index contributed by atoms with van der Waals surface area (Å²) in [6, 6.07) is 73.8. The average molecular weight is 682 g/mol. The van der Waals surface area contributed by atoms with E-state index in [-0.39, 0.29) is 0 Å². The smallest absolute Gasteiger partial charge is 0.227 e. The molecule has 1 aromatic heterocycles. The SMILES string of the molecule is c1ccc(-c2ccc(N(c3ccccc3)c3ccc(-c4nc5cc(N(c6ccccc6)c6ccc(-c7ccccc7)cc6)ccc5o4)cc3)cc2)cc1. The number of anilines is 6. The highest BCUT2D eigenvalue weighted by molar-refractivity contribution is 5.86. The maximum Gasteiger partial charge on any atom is 0.227 e. The van der Waals surface area contributed by atoms with Crippen LogP contribution in [0.4, 0.5) is 34.1 Å². The summed E-state index contributed by atoms with van der Waals surface area (Å²) in [6.07, 6.45) is 0. The molecule has 8 aromatic carbocycles. The molecule has 0 aliphatic heterocycles. The van der Waals surface area contributed by atoms with E-state index in [0.29, 0.717) is 5.89 Å². The molecular weight excluding hydrogens is 647 g/mol. The molecular formula is C49H35N3O. The van der Waals surface area contributed by atoms with Crippen LogP contribution < -0.4 is 9.80 Å². The van der Waals surface area contributed by atoms with Gasteiger partial charge in [0.2, 0.25) is 5.89 Å². The monoisotopic (exact) mass is 681 g/mol. The van der Waals surface area contributed by atoms with E-state index in [1.54, 1.807) is 0 Å². The molecule has 0 saturated carbocycles. The molecule has 0 fully saturated rings. The van der Waals surface area contributed by atoms with Crippen molar-refractivity contribution in [1.82, 2.24) is 4.98 Å². The zero-order valence-corrected chi connectivity index (χ0v) is 29.0. The molecule has 0 saturated heterocycles. The number of fused-ring (bicyclic) bond motifs is 1. The second-order valence-electron chi connectivity index (χ2n) is 12.9. The van der Waals surface area contributed by atoms with E-state index in [0.717, 1.165) is 50.8 Å². The van der Waals surface area contributed by atoms with Gasteiger partial charge < -0.3 is 14.2 Å². The number of benzene rings is 8. The fraction of sp³-hybridized carbons (Fsp3) is 0. The van der Waals surface area contributed by atoms with Gasteiger partial charge in [-0.3, -0.25) is 0 Å². The first-order valence-corrected chi connectivity index (χ1v) is 17.8. The lowest BCUT2D eigenvalue weighted by atomic mass is 10.0. The lowest BCUT2D eigenvalue weighted by Crippen LogP contribution is -2.09. The van der Waals surface area contributed by atoms with Crippen molar-refractivity contribution in [3.8, 4) is 33.7 Å². The second kappa shape index (κ2) is 14.2. The van der Waals surface area contributed by atoms with E-state index < -0.39 is 0 Å². The van der Waals surface area contributed by atoms with Crippen molar-refractivity contribution in [2.45, 2.75) is 0 Å². The third kappa shape index (κ3) is 6.58. The number of hydrogen-bond donors (Lipinski definition) is 0. The van der Waals surface area contributed by atoms with Gasteiger partial charge in [-0.2, -0.15) is 0 Å². The molecule has 53 heavy (non-hydrogen) atoms. The van der Waals surface area contributed by atoms with E-state index in [2.05, 4.69) is 192 Å². The fourth-order valence-corrected chi connectivity index (χ4v) is 6.85. The summed E-state index contributed by atoms with van der Waals surface area (Å²) in [5.41, 5.74) is 13.5. The van der Waals surface area contributed by atoms with E-state index in [9.17, 15) is 0 Å². The minimum Gasteiger partial charge on any atom is -0.436 e. The van der Waals surface area contributed by atoms with Crippen LogP contribution in [0.15, 0.2) is 217 Å². The Balaban J connectivity index is 1.02. The summed E-state index contributed by atoms with van der Waals surface area (Å²) < 4.78 is 6.35. The van der Waals surface area contributed by atoms with Crippen molar-refractivity contribution in [3.63, 3.8) is 0 Å². The third-order valence-electron chi connectivity index (χ3n) is 9.50. The van der Waals surface area contributed by atoms with E-state index in [1.165, 1.54) is 22.3 Å². The predicted octanol–water partition coefficient (Wildman–Crippen LogP) is 13.8. The van der Waals surface area contributed by atoms with Gasteiger partial charge in [0.1, 0.15) is 5.52 Å². The van der Waals surface area contributed by atoms with Gasteiger partial charge in [0.15, 0.2) is 5.58 Å². The van der Waals surface area contributed by atoms with Crippen molar-refractivity contribution in [1.29, 1.82) is 0 Å². The van der Waals surface area contributed by atoms with Gasteiger partial charge in [-0.1, -0.05) is 121 Å². The molecule has 0 atom stereocenters. The minimum absolute atomic E-state index is 0.584. The average Bonchev–Trinajstić information content (AvgIpc) is 3.67. The first kappa shape index (κ1) is 31.8. The summed E-state index contributed by atoms with van der Waals surface area (Å²) in [6.45, 7) is 0. The van der Waals surface area contributed by atoms with Crippen LogP contribution in [0.5, 0.6) is 0 Å². The van der Waals surface area contributed by atoms with Crippen LogP contribution in [0, 0.1) is 0 Å². The second-order valence-corrected chi connectivity index (χ2v) is 12.9. The molecule has 0 aliphatic rings. The maximum atomic E-state index is 6.35. The Hall–Kier alpha value is -7.17. The Morgan fingerprint density at radius 3 is 1.09 bits per heavy atom. The molecule has 9 aromatic rings. The van der Waals surface area contributed by atoms with Gasteiger partial charge in [0.25, 0.3) is 0 Å². The van der Waals surface area contributed by atoms with E-state index in [1.807, 2.05) is 30.3 Å². The van der Waals surface area contributed by atoms with E-state index >= 15 is 0 Å². The van der Waals surface area contributed by atoms with Gasteiger partial charge in [-0.05, 0) is 113 Å². The van der Waals surface area contributed by atoms with Crippen molar-refractivity contribution >= 4 is 45.2 Å². The molecule has 0 bridgehead atoms. The Kier molecular flexibility index (Phi) is 8.53. The van der Waals surface area contributed by atoms with Crippen molar-refractivity contribution in [3.05, 3.63) is 212 Å². The van der Waals surface area contributed by atoms with Gasteiger partial charge >= 0.3 is 0 Å². The summed E-state index contributed by atoms with van der Waals surface area (Å²) >= 11 is 0. The first-order valence-electron chi connectivity index (χ1n) is 17.8. The molecule has 0 aliphatic carbocycles. The number of para-hydroxylation sites is 2. The fourth-order valence-electron chi connectivity index (χ4n) is 6.85. The van der Waals surface area contributed by atoms with Crippen LogP contribution >= 0.6 is 0 Å². The minimum atomic E-state index is 0.584. The van der Waals surface area contributed by atoms with Crippen LogP contribution in [0.25, 0.3) is 44.8 Å². The molecule has 0 radical (unpaired) electrons. The quantitative estimate of drug-likeness (QED) is 0.152. The summed E-state index contributed by atoms with van der Waals surface area (Å²) in [5.74, 6) is 0.584. The Labute approximate surface area is 309 Å². The number of aromatic nitrogens is 1. The first-order chi connectivity index (χ1) is 26.3. The summed E-state index contributed by atoms with van der Waals surface area (Å²) in [4.78, 5) is 9.51. The van der Waals surface area contributed by atoms with Crippen molar-refractivity contribution in [2.75, 3.05) is 9.80 Å². The number of nitrogens with zero attached hydrogens (tertiary/aromatic N) is 3. The van der Waals surface area contributed by atoms with Gasteiger partial charge in [0, 0.05) is 39.7 Å². The van der Waals surface area contributed by atoms with Crippen LogP contribution in [0.2, 0.25) is 0 Å². The molecule has 4 nitrogen and oxygen atoms in total. The lowest BCUT2D eigenvalue weighted by molar-refractivity contribution is 0.620. The highest BCUT2D eigenvalue weighted by atomic mass is 16.3. The standard InChI is InChI=1S/C49H35N3O/c1-5-13-36(14-6-1)38-21-27-43(28-22-38)51(41-17-9-3-10-18-41)44-31-25-40(26-32-44)49-50-47-35-46(33-34-48(47)53-49)52(42-19-11-4-12-20-42)45-29-23-39(24-30-45)37-15-7-2-8-16-37/h1-35H. The highest BCUT2D eigenvalue weighted by Crippen LogP contribution is 2.39. The number of hydrogen-bond acceptors (Lipinski definition) is 4. The summed E-state index contributed by atoms with van der Waals surface area (Å²) in [7, 11) is 0. The molecule has 0 unspecified atom stereocenters. The lowest BCUT2D eigenvalue weighted by Gasteiger charge is -2.25. The summed E-state index contributed by atoms with van der Waals surface area (Å²) in [5, 5.41) is 0. The highest BCUT2D eigenvalue weighted by Gasteiger charge is 2.17. The molecule has 0 N–H and O–H groups in total. The zero-order valence-electron chi connectivity index (χ0n) is 29.0. The van der Waals surface area contributed by atoms with Crippen LogP contribution in [0.3, 0.4) is 0 Å². The normalized spacial score (nSPS) is 11.0. The largest absolute Gasteiger partial charge is 0.436 e. The van der Waals surface area contributed by atoms with Crippen molar-refractivity contribution in [2.24, 2.45) is 0 Å². The Morgan fingerprint density at radius 2 is 0.642 bits per heavy atom. The molecule has 252 valence electrons. The topological polar surface area (TPSA) is 32.5 Å². The van der Waals surface area contributed by atoms with Crippen LogP contribution in [-0.4, -0.2) is 4.98 Å². The third-order valence-corrected chi connectivity index (χ3v) is 9.50. The van der Waals surface area contributed by atoms with Crippen molar-refractivity contribution < 1.29 is 4.42 Å². The van der Waals surface area contributed by atoms with E-state index in [4.69, 9.17) is 9.40 Å². The van der Waals surface area contributed by atoms with Crippen LogP contribution in [-0.2, 0) is 0 Å². The van der Waals surface area contributed by atoms with Gasteiger partial charge in [-0.25, -0.2) is 4.98 Å². The molecule has 0 amide bonds. The zero-order chi connectivity index (χ0) is 35.4. The molecule has 1 heterocycles. The van der Waals surface area contributed by atoms with Crippen LogP contribution in [0.1, 0.15) is 0 Å². The maximum absolute atomic E-state index is 6.35. The molecule has 4 heteroatoms. The Bertz CT molecular complexity index is 2570. The molecule has 0 spiro atoms. The predicted molar refractivity (Wildman–Crippen MR) is 220 cm³/mol. The Morgan fingerprint density at radius 1 is 0.302 bits per heavy atom. The molecule has 9 rings (SSSR count). The number of oxazole rings is 1. The van der Waals surface area contributed by atoms with Gasteiger partial charge in [0.05, 0.1) is 0 Å².